The number of hydrogen-bond donors (Lipinski definition) is 2. The number of fused-ring (bicyclic) bond motifs is 1. The highest BCUT2D eigenvalue weighted by molar-refractivity contribution is 5.49. The zero-order valence-electron chi connectivity index (χ0n) is 14.4. The first-order valence-electron chi connectivity index (χ1n) is 9.04. The van der Waals surface area contributed by atoms with E-state index in [4.69, 9.17) is 4.74 Å². The van der Waals surface area contributed by atoms with Crippen molar-refractivity contribution in [2.75, 3.05) is 6.61 Å². The lowest BCUT2D eigenvalue weighted by atomic mass is 9.47. The minimum atomic E-state index is -0.746. The number of aryl methyl sites for hydroxylation is 1. The summed E-state index contributed by atoms with van der Waals surface area (Å²) in [6, 6.07) is 4.12. The van der Waals surface area contributed by atoms with Gasteiger partial charge in [-0.2, -0.15) is 0 Å². The molecule has 1 aliphatic heterocycles. The third kappa shape index (κ3) is 1.96. The molecule has 4 rings (SSSR count). The highest BCUT2D eigenvalue weighted by atomic mass is 16.6. The number of ether oxygens (including phenoxy) is 1. The monoisotopic (exact) mass is 316 g/mol. The first kappa shape index (κ1) is 15.5. The van der Waals surface area contributed by atoms with Crippen LogP contribution < -0.4 is 0 Å². The van der Waals surface area contributed by atoms with Gasteiger partial charge in [0.05, 0.1) is 6.61 Å². The lowest BCUT2D eigenvalue weighted by Crippen LogP contribution is -2.62. The first-order valence-corrected chi connectivity index (χ1v) is 9.04. The Kier molecular flexibility index (Phi) is 3.34. The molecule has 1 heterocycles. The first-order chi connectivity index (χ1) is 10.9. The van der Waals surface area contributed by atoms with E-state index in [1.165, 1.54) is 12.0 Å². The zero-order chi connectivity index (χ0) is 16.4. The summed E-state index contributed by atoms with van der Waals surface area (Å²) >= 11 is 0. The Morgan fingerprint density at radius 3 is 2.78 bits per heavy atom. The van der Waals surface area contributed by atoms with Crippen molar-refractivity contribution in [1.82, 2.24) is 0 Å². The number of phenols is 1. The summed E-state index contributed by atoms with van der Waals surface area (Å²) in [7, 11) is 0. The van der Waals surface area contributed by atoms with Crippen LogP contribution in [0.2, 0.25) is 0 Å². The summed E-state index contributed by atoms with van der Waals surface area (Å²) < 4.78 is 5.86. The second kappa shape index (κ2) is 4.97. The van der Waals surface area contributed by atoms with E-state index in [2.05, 4.69) is 26.8 Å². The SMILES string of the molecule is CC(C)c1cc2c(cc1O)[C@]13CCC[C@](C)(CO[C@H]1O)[C@@H]3CC2. The van der Waals surface area contributed by atoms with Crippen molar-refractivity contribution in [1.29, 1.82) is 0 Å². The van der Waals surface area contributed by atoms with E-state index < -0.39 is 6.29 Å². The number of rotatable bonds is 1. The van der Waals surface area contributed by atoms with E-state index >= 15 is 0 Å². The van der Waals surface area contributed by atoms with E-state index in [1.807, 2.05) is 6.07 Å². The molecule has 2 bridgehead atoms. The molecule has 4 atom stereocenters. The smallest absolute Gasteiger partial charge is 0.164 e. The highest BCUT2D eigenvalue weighted by Gasteiger charge is 2.61. The van der Waals surface area contributed by atoms with Crippen LogP contribution in [0.4, 0.5) is 0 Å². The van der Waals surface area contributed by atoms with Gasteiger partial charge in [0, 0.05) is 5.41 Å². The fraction of sp³-hybridized carbons (Fsp3) is 0.700. The van der Waals surface area contributed by atoms with E-state index in [-0.39, 0.29) is 10.8 Å². The van der Waals surface area contributed by atoms with Gasteiger partial charge in [0.25, 0.3) is 0 Å². The summed E-state index contributed by atoms with van der Waals surface area (Å²) in [4.78, 5) is 0. The third-order valence-corrected chi connectivity index (χ3v) is 6.89. The van der Waals surface area contributed by atoms with E-state index in [1.54, 1.807) is 0 Å². The molecule has 1 saturated carbocycles. The van der Waals surface area contributed by atoms with Crippen LogP contribution in [0.5, 0.6) is 5.75 Å². The fourth-order valence-corrected chi connectivity index (χ4v) is 5.76. The molecule has 2 fully saturated rings. The molecule has 3 heteroatoms. The Labute approximate surface area is 138 Å². The molecular formula is C20H28O3. The Morgan fingerprint density at radius 2 is 2.04 bits per heavy atom. The van der Waals surface area contributed by atoms with Crippen LogP contribution in [0.3, 0.4) is 0 Å². The van der Waals surface area contributed by atoms with E-state index in [0.29, 0.717) is 24.2 Å². The summed E-state index contributed by atoms with van der Waals surface area (Å²) in [5.74, 6) is 1.13. The summed E-state index contributed by atoms with van der Waals surface area (Å²) in [5.41, 5.74) is 3.29. The molecular weight excluding hydrogens is 288 g/mol. The Hall–Kier alpha value is -1.06. The van der Waals surface area contributed by atoms with Gasteiger partial charge < -0.3 is 14.9 Å². The van der Waals surface area contributed by atoms with Gasteiger partial charge in [-0.15, -0.1) is 0 Å². The topological polar surface area (TPSA) is 49.7 Å². The molecule has 0 radical (unpaired) electrons. The standard InChI is InChI=1S/C20H28O3/c1-12(2)14-9-13-5-6-17-19(3)7-4-8-20(17,18(22)23-11-19)15(13)10-16(14)21/h9-10,12,17-18,21-22H,4-8,11H2,1-3H3/t17-,18+,19+,20-/m0/s1. The summed E-state index contributed by atoms with van der Waals surface area (Å²) in [6.07, 6.45) is 4.68. The molecule has 3 nitrogen and oxygen atoms in total. The lowest BCUT2D eigenvalue weighted by Gasteiger charge is -2.61. The maximum atomic E-state index is 10.8. The molecule has 0 unspecified atom stereocenters. The van der Waals surface area contributed by atoms with Crippen molar-refractivity contribution < 1.29 is 14.9 Å². The van der Waals surface area contributed by atoms with Gasteiger partial charge in [0.2, 0.25) is 0 Å². The van der Waals surface area contributed by atoms with Crippen LogP contribution in [-0.4, -0.2) is 23.1 Å². The lowest BCUT2D eigenvalue weighted by molar-refractivity contribution is -0.256. The predicted molar refractivity (Wildman–Crippen MR) is 89.6 cm³/mol. The van der Waals surface area contributed by atoms with Gasteiger partial charge in [-0.05, 0) is 65.7 Å². The minimum absolute atomic E-state index is 0.154. The van der Waals surface area contributed by atoms with Crippen LogP contribution in [-0.2, 0) is 16.6 Å². The molecule has 23 heavy (non-hydrogen) atoms. The van der Waals surface area contributed by atoms with Gasteiger partial charge in [-0.1, -0.05) is 33.3 Å². The van der Waals surface area contributed by atoms with Crippen molar-refractivity contribution in [2.45, 2.75) is 70.5 Å². The third-order valence-electron chi connectivity index (χ3n) is 6.89. The predicted octanol–water partition coefficient (Wildman–Crippen LogP) is 3.85. The van der Waals surface area contributed by atoms with Crippen molar-refractivity contribution in [3.05, 3.63) is 28.8 Å². The fourth-order valence-electron chi connectivity index (χ4n) is 5.76. The number of aromatic hydroxyl groups is 1. The van der Waals surface area contributed by atoms with E-state index in [9.17, 15) is 10.2 Å². The van der Waals surface area contributed by atoms with Crippen molar-refractivity contribution in [2.24, 2.45) is 11.3 Å². The average Bonchev–Trinajstić information content (AvgIpc) is 2.51. The van der Waals surface area contributed by atoms with Crippen LogP contribution in [0.25, 0.3) is 0 Å². The van der Waals surface area contributed by atoms with Gasteiger partial charge in [-0.3, -0.25) is 0 Å². The Bertz CT molecular complexity index is 638. The van der Waals surface area contributed by atoms with E-state index in [0.717, 1.165) is 36.8 Å². The van der Waals surface area contributed by atoms with Crippen molar-refractivity contribution >= 4 is 0 Å². The molecule has 1 saturated heterocycles. The molecule has 0 spiro atoms. The van der Waals surface area contributed by atoms with Crippen LogP contribution in [0, 0.1) is 11.3 Å². The van der Waals surface area contributed by atoms with Crippen LogP contribution >= 0.6 is 0 Å². The molecule has 2 aliphatic carbocycles. The van der Waals surface area contributed by atoms with Crippen molar-refractivity contribution in [3.63, 3.8) is 0 Å². The van der Waals surface area contributed by atoms with Crippen molar-refractivity contribution in [3.8, 4) is 5.75 Å². The highest BCUT2D eigenvalue weighted by Crippen LogP contribution is 2.62. The molecule has 1 aromatic carbocycles. The number of phenolic OH excluding ortho intramolecular Hbond substituents is 1. The molecule has 126 valence electrons. The molecule has 0 aromatic heterocycles. The minimum Gasteiger partial charge on any atom is -0.508 e. The van der Waals surface area contributed by atoms with Gasteiger partial charge >= 0.3 is 0 Å². The Balaban J connectivity index is 1.91. The summed E-state index contributed by atoms with van der Waals surface area (Å²) in [5, 5.41) is 21.4. The largest absolute Gasteiger partial charge is 0.508 e. The molecule has 2 N–H and O–H groups in total. The number of hydrogen-bond acceptors (Lipinski definition) is 3. The van der Waals surface area contributed by atoms with Gasteiger partial charge in [0.1, 0.15) is 5.75 Å². The maximum Gasteiger partial charge on any atom is 0.164 e. The Morgan fingerprint density at radius 1 is 1.26 bits per heavy atom. The zero-order valence-corrected chi connectivity index (χ0v) is 14.4. The van der Waals surface area contributed by atoms with Crippen LogP contribution in [0.1, 0.15) is 69.1 Å². The number of aliphatic hydroxyl groups excluding tert-OH is 1. The normalized spacial score (nSPS) is 39.0. The average molecular weight is 316 g/mol. The number of aliphatic hydroxyl groups is 1. The molecule has 1 aromatic rings. The maximum absolute atomic E-state index is 10.8. The summed E-state index contributed by atoms with van der Waals surface area (Å²) in [6.45, 7) is 7.21. The van der Waals surface area contributed by atoms with Crippen LogP contribution in [0.15, 0.2) is 12.1 Å². The quantitative estimate of drug-likeness (QED) is 0.827. The second-order valence-corrected chi connectivity index (χ2v) is 8.53. The second-order valence-electron chi connectivity index (χ2n) is 8.53. The number of benzene rings is 1. The molecule has 3 aliphatic rings. The molecule has 0 amide bonds. The van der Waals surface area contributed by atoms with Gasteiger partial charge in [0.15, 0.2) is 6.29 Å². The van der Waals surface area contributed by atoms with Gasteiger partial charge in [-0.25, -0.2) is 0 Å².